The van der Waals surface area contributed by atoms with Gasteiger partial charge in [-0.3, -0.25) is 0 Å². The molecule has 0 bridgehead atoms. The Bertz CT molecular complexity index is 309. The van der Waals surface area contributed by atoms with Crippen molar-refractivity contribution in [1.82, 2.24) is 0 Å². The molecule has 1 N–H and O–H groups in total. The maximum atomic E-state index is 9.50. The molecule has 2 aliphatic rings. The van der Waals surface area contributed by atoms with Crippen molar-refractivity contribution >= 4 is 6.29 Å². The molecule has 2 nitrogen and oxygen atoms in total. The van der Waals surface area contributed by atoms with E-state index in [-0.39, 0.29) is 5.92 Å². The first kappa shape index (κ1) is 18.7. The van der Waals surface area contributed by atoms with Crippen LogP contribution in [0.2, 0.25) is 0 Å². The van der Waals surface area contributed by atoms with Crippen molar-refractivity contribution in [3.8, 4) is 0 Å². The fourth-order valence-electron chi connectivity index (χ4n) is 4.22. The summed E-state index contributed by atoms with van der Waals surface area (Å²) in [5, 5.41) is 9.16. The van der Waals surface area contributed by atoms with Crippen LogP contribution in [0, 0.1) is 35.0 Å². The smallest absolute Gasteiger partial charge is 0.122 e. The number of fused-ring (bicyclic) bond motifs is 1. The predicted octanol–water partition coefficient (Wildman–Crippen LogP) is 4.70. The van der Waals surface area contributed by atoms with Crippen LogP contribution < -0.4 is 0 Å². The van der Waals surface area contributed by atoms with Gasteiger partial charge in [0.2, 0.25) is 0 Å². The Morgan fingerprint density at radius 2 is 1.81 bits per heavy atom. The zero-order chi connectivity index (χ0) is 16.0. The Hall–Kier alpha value is -0.370. The van der Waals surface area contributed by atoms with Gasteiger partial charge < -0.3 is 9.90 Å². The number of hydrogen-bond acceptors (Lipinski definition) is 2. The third kappa shape index (κ3) is 5.73. The first-order chi connectivity index (χ1) is 9.80. The lowest BCUT2D eigenvalue weighted by atomic mass is 9.67. The third-order valence-corrected chi connectivity index (χ3v) is 5.58. The van der Waals surface area contributed by atoms with Crippen molar-refractivity contribution < 1.29 is 9.90 Å². The molecule has 2 fully saturated rings. The molecule has 0 aromatic heterocycles. The van der Waals surface area contributed by atoms with Crippen LogP contribution in [-0.2, 0) is 4.79 Å². The summed E-state index contributed by atoms with van der Waals surface area (Å²) in [7, 11) is 0. The van der Waals surface area contributed by atoms with Crippen LogP contribution in [0.1, 0.15) is 73.1 Å². The highest BCUT2D eigenvalue weighted by atomic mass is 16.3. The summed E-state index contributed by atoms with van der Waals surface area (Å²) in [5.41, 5.74) is 0.589. The molecule has 0 aromatic carbocycles. The van der Waals surface area contributed by atoms with E-state index >= 15 is 0 Å². The molecular formula is C19H36O2. The molecule has 0 amide bonds. The highest BCUT2D eigenvalue weighted by molar-refractivity contribution is 5.51. The van der Waals surface area contributed by atoms with Crippen molar-refractivity contribution in [2.24, 2.45) is 35.0 Å². The highest BCUT2D eigenvalue weighted by Crippen LogP contribution is 2.54. The van der Waals surface area contributed by atoms with E-state index in [9.17, 15) is 4.79 Å². The summed E-state index contributed by atoms with van der Waals surface area (Å²) in [5.74, 6) is 3.59. The van der Waals surface area contributed by atoms with E-state index in [4.69, 9.17) is 5.11 Å². The second-order valence-corrected chi connectivity index (χ2v) is 8.48. The normalized spacial score (nSPS) is 32.0. The van der Waals surface area contributed by atoms with Gasteiger partial charge in [0.15, 0.2) is 0 Å². The summed E-state index contributed by atoms with van der Waals surface area (Å²) in [6.07, 6.45) is 9.38. The molecule has 4 atom stereocenters. The Morgan fingerprint density at radius 3 is 2.33 bits per heavy atom. The number of aldehydes is 1. The second-order valence-electron chi connectivity index (χ2n) is 8.48. The number of aliphatic hydroxyl groups is 1. The summed E-state index contributed by atoms with van der Waals surface area (Å²) < 4.78 is 0. The molecule has 0 radical (unpaired) electrons. The Balaban J connectivity index is 0.000000383. The zero-order valence-electron chi connectivity index (χ0n) is 14.8. The van der Waals surface area contributed by atoms with Crippen LogP contribution in [0.3, 0.4) is 0 Å². The summed E-state index contributed by atoms with van der Waals surface area (Å²) >= 11 is 0. The average molecular weight is 296 g/mol. The van der Waals surface area contributed by atoms with Gasteiger partial charge in [-0.05, 0) is 61.2 Å². The second kappa shape index (κ2) is 8.31. The Labute approximate surface area is 131 Å². The van der Waals surface area contributed by atoms with Crippen molar-refractivity contribution in [1.29, 1.82) is 0 Å². The van der Waals surface area contributed by atoms with Gasteiger partial charge in [-0.15, -0.1) is 0 Å². The summed E-state index contributed by atoms with van der Waals surface area (Å²) in [6.45, 7) is 11.2. The summed E-state index contributed by atoms with van der Waals surface area (Å²) in [6, 6.07) is 0. The molecule has 124 valence electrons. The average Bonchev–Trinajstić information content (AvgIpc) is 2.75. The zero-order valence-corrected chi connectivity index (χ0v) is 14.8. The van der Waals surface area contributed by atoms with Crippen molar-refractivity contribution in [2.75, 3.05) is 6.61 Å². The summed E-state index contributed by atoms with van der Waals surface area (Å²) in [4.78, 5) is 9.50. The van der Waals surface area contributed by atoms with E-state index in [1.165, 1.54) is 38.5 Å². The minimum absolute atomic E-state index is 0.204. The number of carbonyl (C=O) groups is 1. The first-order valence-corrected chi connectivity index (χ1v) is 8.86. The molecule has 2 saturated carbocycles. The van der Waals surface area contributed by atoms with Crippen LogP contribution in [0.5, 0.6) is 0 Å². The maximum Gasteiger partial charge on any atom is 0.122 e. The van der Waals surface area contributed by atoms with Crippen molar-refractivity contribution in [3.05, 3.63) is 0 Å². The van der Waals surface area contributed by atoms with Gasteiger partial charge in [0.05, 0.1) is 0 Å². The minimum Gasteiger partial charge on any atom is -0.396 e. The van der Waals surface area contributed by atoms with Crippen LogP contribution in [0.15, 0.2) is 0 Å². The monoisotopic (exact) mass is 296 g/mol. The predicted molar refractivity (Wildman–Crippen MR) is 89.1 cm³/mol. The molecule has 0 aromatic rings. The van der Waals surface area contributed by atoms with E-state index in [1.807, 2.05) is 13.8 Å². The van der Waals surface area contributed by atoms with Gasteiger partial charge in [-0.25, -0.2) is 0 Å². The van der Waals surface area contributed by atoms with Crippen LogP contribution in [-0.4, -0.2) is 18.0 Å². The van der Waals surface area contributed by atoms with E-state index in [0.717, 1.165) is 24.0 Å². The molecular weight excluding hydrogens is 260 g/mol. The fraction of sp³-hybridized carbons (Fsp3) is 0.947. The number of hydrogen-bond donors (Lipinski definition) is 1. The number of carbonyl (C=O) groups excluding carboxylic acids is 1. The Morgan fingerprint density at radius 1 is 1.19 bits per heavy atom. The van der Waals surface area contributed by atoms with Crippen LogP contribution in [0.25, 0.3) is 0 Å². The van der Waals surface area contributed by atoms with E-state index in [0.29, 0.717) is 17.9 Å². The van der Waals surface area contributed by atoms with Crippen LogP contribution >= 0.6 is 0 Å². The van der Waals surface area contributed by atoms with Gasteiger partial charge in [-0.1, -0.05) is 41.0 Å². The van der Waals surface area contributed by atoms with E-state index < -0.39 is 0 Å². The molecule has 2 aliphatic carbocycles. The number of rotatable bonds is 4. The SMILES string of the molecule is CC(C)C=O.CC(CO)CC1CCC2CCC(C)(C)C2C1. The lowest BCUT2D eigenvalue weighted by molar-refractivity contribution is -0.110. The van der Waals surface area contributed by atoms with Gasteiger partial charge in [-0.2, -0.15) is 0 Å². The maximum absolute atomic E-state index is 9.50. The van der Waals surface area contributed by atoms with Crippen molar-refractivity contribution in [2.45, 2.75) is 73.1 Å². The largest absolute Gasteiger partial charge is 0.396 e. The molecule has 2 heteroatoms. The molecule has 0 spiro atoms. The quantitative estimate of drug-likeness (QED) is 0.764. The van der Waals surface area contributed by atoms with Gasteiger partial charge in [0.25, 0.3) is 0 Å². The van der Waals surface area contributed by atoms with Gasteiger partial charge in [0.1, 0.15) is 6.29 Å². The van der Waals surface area contributed by atoms with Gasteiger partial charge in [0, 0.05) is 12.5 Å². The Kier molecular flexibility index (Phi) is 7.39. The topological polar surface area (TPSA) is 37.3 Å². The lowest BCUT2D eigenvalue weighted by Gasteiger charge is -2.39. The molecule has 0 heterocycles. The number of aliphatic hydroxyl groups excluding tert-OH is 1. The van der Waals surface area contributed by atoms with E-state index in [2.05, 4.69) is 20.8 Å². The fourth-order valence-corrected chi connectivity index (χ4v) is 4.22. The van der Waals surface area contributed by atoms with Crippen molar-refractivity contribution in [3.63, 3.8) is 0 Å². The molecule has 0 saturated heterocycles. The minimum atomic E-state index is 0.204. The molecule has 2 rings (SSSR count). The molecule has 0 aliphatic heterocycles. The van der Waals surface area contributed by atoms with E-state index in [1.54, 1.807) is 0 Å². The van der Waals surface area contributed by atoms with Gasteiger partial charge >= 0.3 is 0 Å². The first-order valence-electron chi connectivity index (χ1n) is 8.86. The highest BCUT2D eigenvalue weighted by Gasteiger charge is 2.44. The third-order valence-electron chi connectivity index (χ3n) is 5.58. The van der Waals surface area contributed by atoms with Crippen LogP contribution in [0.4, 0.5) is 0 Å². The molecule has 21 heavy (non-hydrogen) atoms. The standard InChI is InChI=1S/C15H28O.C4H8O/c1-11(10-16)8-12-4-5-13-6-7-15(2,3)14(13)9-12;1-4(2)3-5/h11-14,16H,4-10H2,1-3H3;3-4H,1-2H3. The lowest BCUT2D eigenvalue weighted by Crippen LogP contribution is -2.30. The molecule has 4 unspecified atom stereocenters.